The van der Waals surface area contributed by atoms with Gasteiger partial charge in [-0.15, -0.1) is 0 Å². The molecule has 0 aromatic heterocycles. The molecule has 1 amide bonds. The van der Waals surface area contributed by atoms with Crippen LogP contribution in [0.25, 0.3) is 0 Å². The molecular weight excluding hydrogens is 420 g/mol. The molecule has 0 bridgehead atoms. The Labute approximate surface area is 187 Å². The van der Waals surface area contributed by atoms with Crippen molar-refractivity contribution < 1.29 is 23.9 Å². The van der Waals surface area contributed by atoms with Crippen LogP contribution in [-0.2, 0) is 23.9 Å². The number of ether oxygens (including phenoxy) is 2. The molecule has 2 unspecified atom stereocenters. The molecule has 31 heavy (non-hydrogen) atoms. The van der Waals surface area contributed by atoms with Crippen LogP contribution in [0.2, 0.25) is 5.02 Å². The average molecular weight is 449 g/mol. The van der Waals surface area contributed by atoms with Gasteiger partial charge in [-0.25, -0.2) is 9.59 Å². The van der Waals surface area contributed by atoms with Gasteiger partial charge in [0.1, 0.15) is 11.6 Å². The zero-order valence-electron chi connectivity index (χ0n) is 18.9. The molecule has 2 rings (SSSR count). The molecule has 168 valence electrons. The van der Waals surface area contributed by atoms with E-state index in [9.17, 15) is 14.4 Å². The fourth-order valence-corrected chi connectivity index (χ4v) is 3.66. The van der Waals surface area contributed by atoms with Crippen molar-refractivity contribution >= 4 is 29.4 Å². The number of benzene rings is 1. The highest BCUT2D eigenvalue weighted by atomic mass is 35.5. The maximum absolute atomic E-state index is 13.3. The molecular formula is C23H29ClN2O5. The van der Waals surface area contributed by atoms with Gasteiger partial charge in [0.15, 0.2) is 0 Å². The first kappa shape index (κ1) is 24.5. The van der Waals surface area contributed by atoms with Crippen molar-refractivity contribution in [2.75, 3.05) is 7.11 Å². The number of nitrogens with one attached hydrogen (secondary N) is 2. The Balaban J connectivity index is 2.49. The van der Waals surface area contributed by atoms with Gasteiger partial charge in [-0.05, 0) is 53.2 Å². The number of hydrogen-bond acceptors (Lipinski definition) is 6. The fraction of sp³-hybridized carbons (Fsp3) is 0.435. The standard InChI is InChI=1S/C23H29ClN2O5/c1-12-17(20(27)26-14(3)21(28)31-23(4,5)6)19(15-10-8-9-11-16(15)24)18(13(2)25-12)22(29)30-7/h8-11,14,19,25H,1-7H3,(H,26,27). The highest BCUT2D eigenvalue weighted by Crippen LogP contribution is 2.41. The van der Waals surface area contributed by atoms with Crippen LogP contribution >= 0.6 is 11.6 Å². The summed E-state index contributed by atoms with van der Waals surface area (Å²) >= 11 is 6.44. The Morgan fingerprint density at radius 2 is 1.68 bits per heavy atom. The van der Waals surface area contributed by atoms with Crippen molar-refractivity contribution in [2.45, 2.75) is 59.1 Å². The summed E-state index contributed by atoms with van der Waals surface area (Å²) in [5, 5.41) is 6.16. The van der Waals surface area contributed by atoms with Gasteiger partial charge in [-0.3, -0.25) is 4.79 Å². The van der Waals surface area contributed by atoms with Crippen molar-refractivity contribution in [1.29, 1.82) is 0 Å². The molecule has 8 heteroatoms. The van der Waals surface area contributed by atoms with E-state index in [0.29, 0.717) is 22.0 Å². The number of esters is 2. The summed E-state index contributed by atoms with van der Waals surface area (Å²) < 4.78 is 10.3. The van der Waals surface area contributed by atoms with E-state index in [4.69, 9.17) is 21.1 Å². The van der Waals surface area contributed by atoms with Crippen molar-refractivity contribution in [3.8, 4) is 0 Å². The van der Waals surface area contributed by atoms with Crippen LogP contribution in [0, 0.1) is 0 Å². The lowest BCUT2D eigenvalue weighted by Gasteiger charge is -2.32. The van der Waals surface area contributed by atoms with Crippen molar-refractivity contribution in [3.63, 3.8) is 0 Å². The first-order chi connectivity index (χ1) is 14.4. The van der Waals surface area contributed by atoms with Crippen LogP contribution in [0.1, 0.15) is 53.0 Å². The number of carbonyl (C=O) groups excluding carboxylic acids is 3. The molecule has 1 aromatic rings. The Morgan fingerprint density at radius 3 is 2.23 bits per heavy atom. The Bertz CT molecular complexity index is 959. The second kappa shape index (κ2) is 9.56. The summed E-state index contributed by atoms with van der Waals surface area (Å²) in [6, 6.07) is 6.10. The first-order valence-corrected chi connectivity index (χ1v) is 10.3. The van der Waals surface area contributed by atoms with Crippen LogP contribution in [0.15, 0.2) is 46.8 Å². The van der Waals surface area contributed by atoms with Crippen molar-refractivity contribution in [2.24, 2.45) is 0 Å². The molecule has 0 saturated heterocycles. The lowest BCUT2D eigenvalue weighted by atomic mass is 9.80. The average Bonchev–Trinajstić information content (AvgIpc) is 2.65. The number of halogens is 1. The maximum Gasteiger partial charge on any atom is 0.336 e. The van der Waals surface area contributed by atoms with Gasteiger partial charge in [0.2, 0.25) is 0 Å². The molecule has 1 aliphatic rings. The third-order valence-electron chi connectivity index (χ3n) is 4.73. The molecule has 0 spiro atoms. The van der Waals surface area contributed by atoms with E-state index >= 15 is 0 Å². The zero-order valence-corrected chi connectivity index (χ0v) is 19.6. The summed E-state index contributed by atoms with van der Waals surface area (Å²) in [4.78, 5) is 38.3. The number of amides is 1. The van der Waals surface area contributed by atoms with Gasteiger partial charge in [-0.1, -0.05) is 29.8 Å². The van der Waals surface area contributed by atoms with Crippen LogP contribution < -0.4 is 10.6 Å². The molecule has 1 heterocycles. The summed E-state index contributed by atoms with van der Waals surface area (Å²) in [5.74, 6) is -2.42. The molecule has 2 N–H and O–H groups in total. The Hall–Kier alpha value is -2.80. The van der Waals surface area contributed by atoms with E-state index < -0.39 is 35.4 Å². The minimum atomic E-state index is -0.896. The first-order valence-electron chi connectivity index (χ1n) is 9.92. The number of methoxy groups -OCH3 is 1. The van der Waals surface area contributed by atoms with Crippen LogP contribution in [0.4, 0.5) is 0 Å². The molecule has 2 atom stereocenters. The topological polar surface area (TPSA) is 93.7 Å². The molecule has 0 saturated carbocycles. The van der Waals surface area contributed by atoms with Gasteiger partial charge in [0.25, 0.3) is 5.91 Å². The Kier molecular flexibility index (Phi) is 7.54. The van der Waals surface area contributed by atoms with Gasteiger partial charge < -0.3 is 20.1 Å². The second-order valence-corrected chi connectivity index (χ2v) is 8.78. The van der Waals surface area contributed by atoms with Crippen LogP contribution in [0.5, 0.6) is 0 Å². The third-order valence-corrected chi connectivity index (χ3v) is 5.08. The molecule has 1 aromatic carbocycles. The van der Waals surface area contributed by atoms with Gasteiger partial charge in [-0.2, -0.15) is 0 Å². The minimum Gasteiger partial charge on any atom is -0.466 e. The zero-order chi connectivity index (χ0) is 23.5. The summed E-state index contributed by atoms with van der Waals surface area (Å²) in [6.07, 6.45) is 0. The minimum absolute atomic E-state index is 0.273. The SMILES string of the molecule is COC(=O)C1=C(C)NC(C)=C(C(=O)NC(C)C(=O)OC(C)(C)C)C1c1ccccc1Cl. The number of allylic oxidation sites excluding steroid dienone is 2. The number of hydrogen-bond donors (Lipinski definition) is 2. The molecule has 0 radical (unpaired) electrons. The highest BCUT2D eigenvalue weighted by molar-refractivity contribution is 6.31. The number of rotatable bonds is 5. The van der Waals surface area contributed by atoms with Gasteiger partial charge in [0, 0.05) is 22.0 Å². The molecule has 1 aliphatic heterocycles. The van der Waals surface area contributed by atoms with E-state index in [0.717, 1.165) is 0 Å². The normalized spacial score (nSPS) is 17.6. The van der Waals surface area contributed by atoms with E-state index in [2.05, 4.69) is 10.6 Å². The van der Waals surface area contributed by atoms with E-state index in [1.807, 2.05) is 0 Å². The van der Waals surface area contributed by atoms with Crippen molar-refractivity contribution in [1.82, 2.24) is 10.6 Å². The quantitative estimate of drug-likeness (QED) is 0.668. The predicted octanol–water partition coefficient (Wildman–Crippen LogP) is 3.59. The van der Waals surface area contributed by atoms with Crippen LogP contribution in [0.3, 0.4) is 0 Å². The smallest absolute Gasteiger partial charge is 0.336 e. The third kappa shape index (κ3) is 5.67. The second-order valence-electron chi connectivity index (χ2n) is 8.38. The van der Waals surface area contributed by atoms with Crippen molar-refractivity contribution in [3.05, 3.63) is 57.4 Å². The lowest BCUT2D eigenvalue weighted by Crippen LogP contribution is -2.45. The molecule has 0 fully saturated rings. The maximum atomic E-state index is 13.3. The van der Waals surface area contributed by atoms with Crippen LogP contribution in [-0.4, -0.2) is 36.6 Å². The fourth-order valence-electron chi connectivity index (χ4n) is 3.42. The van der Waals surface area contributed by atoms with Gasteiger partial charge >= 0.3 is 11.9 Å². The number of carbonyl (C=O) groups is 3. The van der Waals surface area contributed by atoms with E-state index in [-0.39, 0.29) is 11.1 Å². The van der Waals surface area contributed by atoms with E-state index in [1.54, 1.807) is 65.8 Å². The lowest BCUT2D eigenvalue weighted by molar-refractivity contribution is -0.157. The van der Waals surface area contributed by atoms with Gasteiger partial charge in [0.05, 0.1) is 18.6 Å². The highest BCUT2D eigenvalue weighted by Gasteiger charge is 2.38. The Morgan fingerprint density at radius 1 is 1.10 bits per heavy atom. The molecule has 7 nitrogen and oxygen atoms in total. The number of dihydropyridines is 1. The summed E-state index contributed by atoms with van der Waals surface area (Å²) in [5.41, 5.74) is 1.55. The predicted molar refractivity (Wildman–Crippen MR) is 118 cm³/mol. The summed E-state index contributed by atoms with van der Waals surface area (Å²) in [6.45, 7) is 10.3. The monoisotopic (exact) mass is 448 g/mol. The summed E-state index contributed by atoms with van der Waals surface area (Å²) in [7, 11) is 1.28. The van der Waals surface area contributed by atoms with E-state index in [1.165, 1.54) is 7.11 Å². The largest absolute Gasteiger partial charge is 0.466 e. The molecule has 0 aliphatic carbocycles.